The minimum atomic E-state index is -0.125. The Bertz CT molecular complexity index is 1070. The number of aryl methyl sites for hydroxylation is 1. The van der Waals surface area contributed by atoms with E-state index >= 15 is 0 Å². The van der Waals surface area contributed by atoms with Gasteiger partial charge in [0.2, 0.25) is 0 Å². The molecule has 6 heteroatoms. The molecule has 0 radical (unpaired) electrons. The van der Waals surface area contributed by atoms with Gasteiger partial charge in [0.1, 0.15) is 11.3 Å². The average molecular weight is 383 g/mol. The number of furan rings is 1. The zero-order chi connectivity index (χ0) is 18.1. The van der Waals surface area contributed by atoms with Crippen molar-refractivity contribution >= 4 is 44.2 Å². The molecule has 0 bridgehead atoms. The highest BCUT2D eigenvalue weighted by Gasteiger charge is 2.23. The van der Waals surface area contributed by atoms with Gasteiger partial charge < -0.3 is 4.42 Å². The molecule has 0 aliphatic heterocycles. The topological polar surface area (TPSA) is 46.3 Å². The monoisotopic (exact) mass is 382 g/mol. The molecule has 4 aromatic rings. The zero-order valence-corrected chi connectivity index (χ0v) is 15.6. The van der Waals surface area contributed by atoms with Crippen molar-refractivity contribution in [3.8, 4) is 0 Å². The van der Waals surface area contributed by atoms with Crippen LogP contribution in [0.3, 0.4) is 0 Å². The van der Waals surface area contributed by atoms with Gasteiger partial charge in [-0.25, -0.2) is 4.98 Å². The summed E-state index contributed by atoms with van der Waals surface area (Å²) < 4.78 is 6.39. The molecule has 0 unspecified atom stereocenters. The van der Waals surface area contributed by atoms with Crippen LogP contribution in [-0.2, 0) is 6.54 Å². The number of anilines is 1. The maximum atomic E-state index is 13.2. The number of nitrogens with zero attached hydrogens (tertiary/aromatic N) is 2. The molecule has 1 amide bonds. The third kappa shape index (κ3) is 3.23. The van der Waals surface area contributed by atoms with Crippen molar-refractivity contribution in [2.45, 2.75) is 13.5 Å². The summed E-state index contributed by atoms with van der Waals surface area (Å²) in [6.45, 7) is 2.27. The Morgan fingerprint density at radius 3 is 2.77 bits per heavy atom. The second kappa shape index (κ2) is 6.94. The molecule has 4 nitrogen and oxygen atoms in total. The average Bonchev–Trinajstić information content (AvgIpc) is 3.29. The van der Waals surface area contributed by atoms with Crippen LogP contribution >= 0.6 is 22.9 Å². The summed E-state index contributed by atoms with van der Waals surface area (Å²) in [4.78, 5) is 19.4. The minimum absolute atomic E-state index is 0.125. The molecule has 2 aromatic carbocycles. The molecule has 0 aliphatic carbocycles. The van der Waals surface area contributed by atoms with E-state index in [1.54, 1.807) is 23.3 Å². The summed E-state index contributed by atoms with van der Waals surface area (Å²) in [5, 5.41) is 1.17. The number of hydrogen-bond acceptors (Lipinski definition) is 4. The summed E-state index contributed by atoms with van der Waals surface area (Å²) in [5.74, 6) is 0.566. The highest BCUT2D eigenvalue weighted by Crippen LogP contribution is 2.34. The van der Waals surface area contributed by atoms with Gasteiger partial charge in [0, 0.05) is 5.56 Å². The number of amides is 1. The first-order valence-electron chi connectivity index (χ1n) is 8.08. The normalized spacial score (nSPS) is 11.0. The van der Waals surface area contributed by atoms with Gasteiger partial charge in [-0.3, -0.25) is 9.69 Å². The lowest BCUT2D eigenvalue weighted by Gasteiger charge is -2.19. The number of benzene rings is 2. The Balaban J connectivity index is 1.79. The molecule has 130 valence electrons. The van der Waals surface area contributed by atoms with Crippen LogP contribution < -0.4 is 4.90 Å². The van der Waals surface area contributed by atoms with E-state index in [0.29, 0.717) is 33.5 Å². The van der Waals surface area contributed by atoms with Gasteiger partial charge >= 0.3 is 0 Å². The molecule has 0 saturated heterocycles. The smallest absolute Gasteiger partial charge is 0.260 e. The van der Waals surface area contributed by atoms with Gasteiger partial charge in [0.15, 0.2) is 5.13 Å². The van der Waals surface area contributed by atoms with Gasteiger partial charge in [-0.15, -0.1) is 0 Å². The summed E-state index contributed by atoms with van der Waals surface area (Å²) in [5.41, 5.74) is 2.35. The first-order valence-corrected chi connectivity index (χ1v) is 9.27. The van der Waals surface area contributed by atoms with Crippen molar-refractivity contribution in [2.75, 3.05) is 4.90 Å². The number of aromatic nitrogens is 1. The number of rotatable bonds is 4. The van der Waals surface area contributed by atoms with Gasteiger partial charge in [-0.2, -0.15) is 0 Å². The molecular weight excluding hydrogens is 368 g/mol. The summed E-state index contributed by atoms with van der Waals surface area (Å²) in [6.07, 6.45) is 1.60. The quantitative estimate of drug-likeness (QED) is 0.455. The first-order chi connectivity index (χ1) is 12.6. The molecule has 0 aliphatic rings. The molecule has 4 rings (SSSR count). The Labute approximate surface area is 159 Å². The van der Waals surface area contributed by atoms with Crippen molar-refractivity contribution in [2.24, 2.45) is 0 Å². The van der Waals surface area contributed by atoms with Crippen LogP contribution in [0.5, 0.6) is 0 Å². The number of carbonyl (C=O) groups is 1. The van der Waals surface area contributed by atoms with Crippen LogP contribution in [-0.4, -0.2) is 10.9 Å². The standard InChI is InChI=1S/C20H15ClN2O2S/c1-13-5-2-6-14(11-13)19(24)23(12-15-7-4-10-25-15)20-22-18-16(21)8-3-9-17(18)26-20/h2-11H,12H2,1H3. The Hall–Kier alpha value is -2.63. The Morgan fingerprint density at radius 2 is 2.04 bits per heavy atom. The van der Waals surface area contributed by atoms with E-state index in [4.69, 9.17) is 16.0 Å². The van der Waals surface area contributed by atoms with Crippen molar-refractivity contribution in [3.05, 3.63) is 82.8 Å². The number of carbonyl (C=O) groups excluding carboxylic acids is 1. The van der Waals surface area contributed by atoms with Gasteiger partial charge in [0.25, 0.3) is 5.91 Å². The van der Waals surface area contributed by atoms with E-state index in [-0.39, 0.29) is 5.91 Å². The lowest BCUT2D eigenvalue weighted by molar-refractivity contribution is 0.0983. The van der Waals surface area contributed by atoms with Crippen LogP contribution in [0.15, 0.2) is 65.3 Å². The lowest BCUT2D eigenvalue weighted by Crippen LogP contribution is -2.30. The van der Waals surface area contributed by atoms with Gasteiger partial charge in [-0.05, 0) is 43.3 Å². The Morgan fingerprint density at radius 1 is 1.19 bits per heavy atom. The van der Waals surface area contributed by atoms with Crippen LogP contribution in [0.4, 0.5) is 5.13 Å². The SMILES string of the molecule is Cc1cccc(C(=O)N(Cc2ccco2)c2nc3c(Cl)cccc3s2)c1. The third-order valence-corrected chi connectivity index (χ3v) is 5.34. The van der Waals surface area contributed by atoms with Crippen LogP contribution in [0.2, 0.25) is 5.02 Å². The summed E-state index contributed by atoms with van der Waals surface area (Å²) in [7, 11) is 0. The van der Waals surface area contributed by atoms with Crippen molar-refractivity contribution in [1.29, 1.82) is 0 Å². The van der Waals surface area contributed by atoms with Gasteiger partial charge in [0.05, 0.1) is 22.5 Å². The predicted octanol–water partition coefficient (Wildman–Crippen LogP) is 5.70. The van der Waals surface area contributed by atoms with Crippen LogP contribution in [0.1, 0.15) is 21.7 Å². The van der Waals surface area contributed by atoms with Gasteiger partial charge in [-0.1, -0.05) is 46.7 Å². The van der Waals surface area contributed by atoms with Crippen LogP contribution in [0.25, 0.3) is 10.2 Å². The highest BCUT2D eigenvalue weighted by molar-refractivity contribution is 7.22. The number of fused-ring (bicyclic) bond motifs is 1. The third-order valence-electron chi connectivity index (χ3n) is 3.99. The van der Waals surface area contributed by atoms with E-state index in [9.17, 15) is 4.79 Å². The molecule has 0 spiro atoms. The number of thiazole rings is 1. The molecule has 0 atom stereocenters. The highest BCUT2D eigenvalue weighted by atomic mass is 35.5. The fourth-order valence-corrected chi connectivity index (χ4v) is 4.00. The molecule has 2 heterocycles. The summed E-state index contributed by atoms with van der Waals surface area (Å²) in [6, 6.07) is 16.8. The fraction of sp³-hybridized carbons (Fsp3) is 0.100. The number of para-hydroxylation sites is 1. The van der Waals surface area contributed by atoms with E-state index in [0.717, 1.165) is 10.3 Å². The fourth-order valence-electron chi connectivity index (χ4n) is 2.74. The number of halogens is 1. The van der Waals surface area contributed by atoms with E-state index in [1.165, 1.54) is 11.3 Å². The van der Waals surface area contributed by atoms with Crippen LogP contribution in [0, 0.1) is 6.92 Å². The summed E-state index contributed by atoms with van der Waals surface area (Å²) >= 11 is 7.69. The van der Waals surface area contributed by atoms with Crippen molar-refractivity contribution in [1.82, 2.24) is 4.98 Å². The largest absolute Gasteiger partial charge is 0.467 e. The van der Waals surface area contributed by atoms with Crippen molar-refractivity contribution < 1.29 is 9.21 Å². The molecule has 0 saturated carbocycles. The molecule has 2 aromatic heterocycles. The zero-order valence-electron chi connectivity index (χ0n) is 14.0. The number of hydrogen-bond donors (Lipinski definition) is 0. The Kier molecular flexibility index (Phi) is 4.49. The van der Waals surface area contributed by atoms with E-state index in [1.807, 2.05) is 49.4 Å². The van der Waals surface area contributed by atoms with E-state index in [2.05, 4.69) is 4.98 Å². The second-order valence-corrected chi connectivity index (χ2v) is 7.34. The molecular formula is C20H15ClN2O2S. The second-order valence-electron chi connectivity index (χ2n) is 5.92. The predicted molar refractivity (Wildman–Crippen MR) is 105 cm³/mol. The first kappa shape index (κ1) is 16.8. The molecule has 26 heavy (non-hydrogen) atoms. The lowest BCUT2D eigenvalue weighted by atomic mass is 10.1. The maximum absolute atomic E-state index is 13.2. The van der Waals surface area contributed by atoms with Crippen molar-refractivity contribution in [3.63, 3.8) is 0 Å². The maximum Gasteiger partial charge on any atom is 0.260 e. The van der Waals surface area contributed by atoms with E-state index < -0.39 is 0 Å². The minimum Gasteiger partial charge on any atom is -0.467 e. The molecule has 0 fully saturated rings. The molecule has 0 N–H and O–H groups in total.